The molecular formula is C26H39N5O3. The van der Waals surface area contributed by atoms with Crippen LogP contribution in [0.5, 0.6) is 0 Å². The predicted octanol–water partition coefficient (Wildman–Crippen LogP) is 3.16. The second-order valence-corrected chi connectivity index (χ2v) is 10.4. The van der Waals surface area contributed by atoms with E-state index in [1.54, 1.807) is 25.1 Å². The van der Waals surface area contributed by atoms with Crippen LogP contribution in [0.4, 0.5) is 0 Å². The quantitative estimate of drug-likeness (QED) is 0.589. The van der Waals surface area contributed by atoms with Crippen molar-refractivity contribution in [2.24, 2.45) is 5.41 Å². The van der Waals surface area contributed by atoms with E-state index in [4.69, 9.17) is 0 Å². The van der Waals surface area contributed by atoms with Crippen molar-refractivity contribution in [1.29, 1.82) is 0 Å². The lowest BCUT2D eigenvalue weighted by atomic mass is 9.76. The number of carbonyl (C=O) groups excluding carboxylic acids is 3. The molecular weight excluding hydrogens is 430 g/mol. The molecule has 3 amide bonds. The van der Waals surface area contributed by atoms with Gasteiger partial charge < -0.3 is 20.1 Å². The molecule has 8 heteroatoms. The highest BCUT2D eigenvalue weighted by molar-refractivity contribution is 5.92. The van der Waals surface area contributed by atoms with Crippen LogP contribution in [0.2, 0.25) is 0 Å². The van der Waals surface area contributed by atoms with E-state index in [-0.39, 0.29) is 36.1 Å². The van der Waals surface area contributed by atoms with E-state index in [2.05, 4.69) is 36.1 Å². The molecule has 8 nitrogen and oxygen atoms in total. The molecule has 1 aromatic heterocycles. The Bertz CT molecular complexity index is 964. The molecule has 0 aliphatic carbocycles. The molecule has 2 aromatic rings. The largest absolute Gasteiger partial charge is 0.349 e. The summed E-state index contributed by atoms with van der Waals surface area (Å²) in [6.45, 7) is 13.5. The van der Waals surface area contributed by atoms with Crippen LogP contribution >= 0.6 is 0 Å². The zero-order chi connectivity index (χ0) is 25.7. The lowest BCUT2D eigenvalue weighted by molar-refractivity contribution is -0.149. The molecule has 34 heavy (non-hydrogen) atoms. The number of amides is 3. The number of likely N-dealkylation sites (N-methyl/N-ethyl adjacent to an activating group) is 1. The van der Waals surface area contributed by atoms with E-state index in [1.165, 1.54) is 18.2 Å². The van der Waals surface area contributed by atoms with E-state index in [0.29, 0.717) is 0 Å². The molecule has 2 N–H and O–H groups in total. The summed E-state index contributed by atoms with van der Waals surface area (Å²) in [5, 5.41) is 3.12. The molecule has 0 bridgehead atoms. The molecule has 186 valence electrons. The molecule has 2 unspecified atom stereocenters. The second kappa shape index (κ2) is 10.8. The number of aromatic amines is 1. The van der Waals surface area contributed by atoms with Crippen LogP contribution in [0, 0.1) is 5.41 Å². The zero-order valence-corrected chi connectivity index (χ0v) is 21.7. The van der Waals surface area contributed by atoms with E-state index in [9.17, 15) is 14.4 Å². The van der Waals surface area contributed by atoms with Gasteiger partial charge >= 0.3 is 0 Å². The van der Waals surface area contributed by atoms with Crippen LogP contribution in [0.15, 0.2) is 42.9 Å². The Balaban J connectivity index is 2.41. The minimum Gasteiger partial charge on any atom is -0.349 e. The van der Waals surface area contributed by atoms with E-state index in [1.807, 2.05) is 44.2 Å². The van der Waals surface area contributed by atoms with Crippen LogP contribution in [-0.4, -0.2) is 62.2 Å². The minimum atomic E-state index is -0.785. The summed E-state index contributed by atoms with van der Waals surface area (Å²) in [5.74, 6) is -0.772. The summed E-state index contributed by atoms with van der Waals surface area (Å²) in [4.78, 5) is 49.6. The third kappa shape index (κ3) is 6.68. The van der Waals surface area contributed by atoms with Crippen molar-refractivity contribution < 1.29 is 14.4 Å². The Morgan fingerprint density at radius 1 is 1.09 bits per heavy atom. The van der Waals surface area contributed by atoms with E-state index in [0.717, 1.165) is 11.3 Å². The molecule has 1 aromatic carbocycles. The molecule has 2 rings (SSSR count). The Morgan fingerprint density at radius 3 is 2.21 bits per heavy atom. The Hall–Kier alpha value is -3.16. The number of rotatable bonds is 9. The van der Waals surface area contributed by atoms with Gasteiger partial charge in [-0.1, -0.05) is 51.1 Å². The van der Waals surface area contributed by atoms with Crippen molar-refractivity contribution in [2.75, 3.05) is 7.05 Å². The van der Waals surface area contributed by atoms with Crippen LogP contribution < -0.4 is 5.32 Å². The first-order valence-corrected chi connectivity index (χ1v) is 11.6. The third-order valence-corrected chi connectivity index (χ3v) is 6.85. The minimum absolute atomic E-state index is 0.186. The summed E-state index contributed by atoms with van der Waals surface area (Å²) >= 11 is 0. The normalized spacial score (nSPS) is 13.6. The van der Waals surface area contributed by atoms with Crippen LogP contribution in [-0.2, 0) is 27.3 Å². The Morgan fingerprint density at radius 2 is 1.71 bits per heavy atom. The summed E-state index contributed by atoms with van der Waals surface area (Å²) in [6, 6.07) is 8.00. The van der Waals surface area contributed by atoms with Gasteiger partial charge in [0.05, 0.1) is 6.33 Å². The van der Waals surface area contributed by atoms with Crippen molar-refractivity contribution in [3.05, 3.63) is 54.1 Å². The topological polar surface area (TPSA) is 98.4 Å². The van der Waals surface area contributed by atoms with Gasteiger partial charge in [-0.05, 0) is 31.7 Å². The summed E-state index contributed by atoms with van der Waals surface area (Å²) in [5.41, 5.74) is 0.952. The smallest absolute Gasteiger partial charge is 0.246 e. The number of H-pyrrole nitrogens is 1. The Kier molecular flexibility index (Phi) is 8.64. The number of nitrogens with zero attached hydrogens (tertiary/aromatic N) is 3. The van der Waals surface area contributed by atoms with Crippen LogP contribution in [0.1, 0.15) is 59.7 Å². The number of hydrogen-bond donors (Lipinski definition) is 2. The van der Waals surface area contributed by atoms with Gasteiger partial charge in [0.2, 0.25) is 17.7 Å². The molecule has 0 spiro atoms. The summed E-state index contributed by atoms with van der Waals surface area (Å²) < 4.78 is 0. The Labute approximate surface area is 203 Å². The maximum atomic E-state index is 13.9. The van der Waals surface area contributed by atoms with Crippen molar-refractivity contribution in [2.45, 2.75) is 79.1 Å². The highest BCUT2D eigenvalue weighted by atomic mass is 16.2. The highest BCUT2D eigenvalue weighted by Gasteiger charge is 2.39. The van der Waals surface area contributed by atoms with Gasteiger partial charge in [-0.2, -0.15) is 0 Å². The first-order chi connectivity index (χ1) is 15.7. The van der Waals surface area contributed by atoms with Gasteiger partial charge in [-0.25, -0.2) is 4.98 Å². The summed E-state index contributed by atoms with van der Waals surface area (Å²) in [7, 11) is 1.61. The zero-order valence-electron chi connectivity index (χ0n) is 21.7. The van der Waals surface area contributed by atoms with E-state index >= 15 is 0 Å². The number of nitrogens with one attached hydrogen (secondary N) is 2. The van der Waals surface area contributed by atoms with Gasteiger partial charge in [0.15, 0.2) is 0 Å². The fraction of sp³-hybridized carbons (Fsp3) is 0.538. The van der Waals surface area contributed by atoms with Gasteiger partial charge in [-0.15, -0.1) is 0 Å². The average Bonchev–Trinajstić information content (AvgIpc) is 3.27. The average molecular weight is 470 g/mol. The molecule has 2 atom stereocenters. The molecule has 0 saturated carbocycles. The van der Waals surface area contributed by atoms with Gasteiger partial charge in [0.1, 0.15) is 12.1 Å². The predicted molar refractivity (Wildman–Crippen MR) is 133 cm³/mol. The molecule has 1 heterocycles. The number of imidazole rings is 1. The van der Waals surface area contributed by atoms with Crippen LogP contribution in [0.25, 0.3) is 0 Å². The van der Waals surface area contributed by atoms with Gasteiger partial charge in [0.25, 0.3) is 0 Å². The number of benzene rings is 1. The third-order valence-electron chi connectivity index (χ3n) is 6.85. The maximum absolute atomic E-state index is 13.9. The molecule has 0 radical (unpaired) electrons. The van der Waals surface area contributed by atoms with E-state index < -0.39 is 17.6 Å². The van der Waals surface area contributed by atoms with Gasteiger partial charge in [0, 0.05) is 44.4 Å². The van der Waals surface area contributed by atoms with Crippen LogP contribution in [0.3, 0.4) is 0 Å². The monoisotopic (exact) mass is 469 g/mol. The number of carbonyl (C=O) groups is 3. The first kappa shape index (κ1) is 27.1. The van der Waals surface area contributed by atoms with Crippen molar-refractivity contribution in [1.82, 2.24) is 25.1 Å². The van der Waals surface area contributed by atoms with Crippen molar-refractivity contribution >= 4 is 17.7 Å². The lowest BCUT2D eigenvalue weighted by Crippen LogP contribution is -2.60. The van der Waals surface area contributed by atoms with Crippen molar-refractivity contribution in [3.8, 4) is 0 Å². The standard InChI is InChI=1S/C26H39N5O3/c1-18(23(33)29-26(6,7)25(3,4)5)31(16-20-12-10-9-11-13-20)24(34)22(30(8)19(2)32)14-21-15-27-17-28-21/h9-13,15,17-18,22H,14,16H2,1-8H3,(H,27,28)(H,29,33). The second-order valence-electron chi connectivity index (χ2n) is 10.4. The van der Waals surface area contributed by atoms with Gasteiger partial charge in [-0.3, -0.25) is 14.4 Å². The fourth-order valence-electron chi connectivity index (χ4n) is 3.33. The number of aromatic nitrogens is 2. The first-order valence-electron chi connectivity index (χ1n) is 11.6. The fourth-order valence-corrected chi connectivity index (χ4v) is 3.33. The molecule has 0 aliphatic rings. The SMILES string of the molecule is CC(=O)N(C)C(Cc1cnc[nH]1)C(=O)N(Cc1ccccc1)C(C)C(=O)NC(C)(C)C(C)(C)C. The molecule has 0 saturated heterocycles. The highest BCUT2D eigenvalue weighted by Crippen LogP contribution is 2.29. The lowest BCUT2D eigenvalue weighted by Gasteiger charge is -2.42. The van der Waals surface area contributed by atoms with Crippen molar-refractivity contribution in [3.63, 3.8) is 0 Å². The molecule has 0 aliphatic heterocycles. The number of hydrogen-bond acceptors (Lipinski definition) is 4. The maximum Gasteiger partial charge on any atom is 0.246 e. The summed E-state index contributed by atoms with van der Waals surface area (Å²) in [6.07, 6.45) is 3.44. The molecule has 0 fully saturated rings.